The highest BCUT2D eigenvalue weighted by molar-refractivity contribution is 7.17. The normalized spacial score (nSPS) is 14.6. The molecule has 27 heavy (non-hydrogen) atoms. The third-order valence-electron chi connectivity index (χ3n) is 5.18. The summed E-state index contributed by atoms with van der Waals surface area (Å²) < 4.78 is 0.686. The number of H-pyrrole nitrogens is 1. The average Bonchev–Trinajstić information content (AvgIpc) is 3.20. The summed E-state index contributed by atoms with van der Waals surface area (Å²) >= 11 is 1.42. The molecular weight excluding hydrogens is 356 g/mol. The van der Waals surface area contributed by atoms with Crippen LogP contribution in [0.2, 0.25) is 0 Å². The van der Waals surface area contributed by atoms with Gasteiger partial charge >= 0.3 is 0 Å². The molecule has 0 unspecified atom stereocenters. The molecule has 0 fully saturated rings. The monoisotopic (exact) mass is 374 g/mol. The van der Waals surface area contributed by atoms with Crippen LogP contribution >= 0.6 is 11.3 Å². The van der Waals surface area contributed by atoms with Crippen LogP contribution in [0.15, 0.2) is 58.7 Å². The van der Waals surface area contributed by atoms with Gasteiger partial charge in [0, 0.05) is 28.4 Å². The molecule has 2 aromatic carbocycles. The highest BCUT2D eigenvalue weighted by Crippen LogP contribution is 2.40. The summed E-state index contributed by atoms with van der Waals surface area (Å²) in [6.45, 7) is 1.91. The van der Waals surface area contributed by atoms with Crippen molar-refractivity contribution in [3.63, 3.8) is 0 Å². The van der Waals surface area contributed by atoms with Crippen LogP contribution in [0.25, 0.3) is 37.7 Å². The molecule has 0 radical (unpaired) electrons. The summed E-state index contributed by atoms with van der Waals surface area (Å²) in [5.74, 6) is 0.218. The van der Waals surface area contributed by atoms with Crippen molar-refractivity contribution in [2.45, 2.75) is 6.42 Å². The van der Waals surface area contributed by atoms with Gasteiger partial charge in [0.05, 0.1) is 0 Å². The van der Waals surface area contributed by atoms with Crippen molar-refractivity contribution >= 4 is 37.9 Å². The average molecular weight is 374 g/mol. The number of hydrogen-bond donors (Lipinski definition) is 3. The minimum Gasteiger partial charge on any atom is -0.507 e. The first-order chi connectivity index (χ1) is 13.2. The van der Waals surface area contributed by atoms with E-state index in [-0.39, 0.29) is 11.3 Å². The third-order valence-corrected chi connectivity index (χ3v) is 6.09. The molecule has 0 bridgehead atoms. The molecule has 5 rings (SSSR count). The van der Waals surface area contributed by atoms with Gasteiger partial charge in [0.15, 0.2) is 0 Å². The molecule has 3 heterocycles. The van der Waals surface area contributed by atoms with Gasteiger partial charge in [-0.15, -0.1) is 11.3 Å². The van der Waals surface area contributed by atoms with Gasteiger partial charge in [-0.25, -0.2) is 0 Å². The highest BCUT2D eigenvalue weighted by Gasteiger charge is 2.15. The first-order valence-electron chi connectivity index (χ1n) is 8.98. The Bertz CT molecular complexity index is 1250. The Balaban J connectivity index is 1.73. The van der Waals surface area contributed by atoms with Gasteiger partial charge in [0.25, 0.3) is 5.56 Å². The molecule has 0 saturated heterocycles. The molecule has 3 N–H and O–H groups in total. The van der Waals surface area contributed by atoms with E-state index in [1.54, 1.807) is 12.1 Å². The van der Waals surface area contributed by atoms with Crippen molar-refractivity contribution in [3.05, 3.63) is 69.8 Å². The maximum atomic E-state index is 12.3. The lowest BCUT2D eigenvalue weighted by Gasteiger charge is -2.15. The van der Waals surface area contributed by atoms with Crippen LogP contribution in [0.1, 0.15) is 12.0 Å². The number of aromatic nitrogens is 1. The second-order valence-electron chi connectivity index (χ2n) is 6.76. The van der Waals surface area contributed by atoms with Crippen molar-refractivity contribution in [3.8, 4) is 16.9 Å². The van der Waals surface area contributed by atoms with E-state index in [2.05, 4.69) is 40.6 Å². The Morgan fingerprint density at radius 1 is 1.00 bits per heavy atom. The van der Waals surface area contributed by atoms with E-state index in [9.17, 15) is 9.90 Å². The summed E-state index contributed by atoms with van der Waals surface area (Å²) in [7, 11) is 0. The van der Waals surface area contributed by atoms with Crippen LogP contribution in [0.5, 0.6) is 5.75 Å². The molecule has 0 saturated carbocycles. The van der Waals surface area contributed by atoms with Crippen LogP contribution in [0.3, 0.4) is 0 Å². The molecule has 0 aliphatic carbocycles. The molecular formula is C22H18N2O2S. The fourth-order valence-electron chi connectivity index (χ4n) is 3.86. The van der Waals surface area contributed by atoms with Crippen molar-refractivity contribution < 1.29 is 5.11 Å². The van der Waals surface area contributed by atoms with Crippen molar-refractivity contribution in [1.29, 1.82) is 0 Å². The summed E-state index contributed by atoms with van der Waals surface area (Å²) in [5.41, 5.74) is 4.93. The van der Waals surface area contributed by atoms with E-state index in [1.165, 1.54) is 22.5 Å². The number of pyridine rings is 1. The topological polar surface area (TPSA) is 65.1 Å². The van der Waals surface area contributed by atoms with Gasteiger partial charge in [-0.2, -0.15) is 0 Å². The lowest BCUT2D eigenvalue weighted by molar-refractivity contribution is 0.478. The lowest BCUT2D eigenvalue weighted by Crippen LogP contribution is -2.19. The van der Waals surface area contributed by atoms with E-state index in [0.717, 1.165) is 46.9 Å². The Morgan fingerprint density at radius 3 is 2.59 bits per heavy atom. The molecule has 134 valence electrons. The zero-order valence-electron chi connectivity index (χ0n) is 14.6. The fourth-order valence-corrected chi connectivity index (χ4v) is 4.66. The molecule has 5 heteroatoms. The number of hydrogen-bond acceptors (Lipinski definition) is 4. The molecule has 0 atom stereocenters. The van der Waals surface area contributed by atoms with Crippen molar-refractivity contribution in [1.82, 2.24) is 10.3 Å². The Hall–Kier alpha value is -2.89. The van der Waals surface area contributed by atoms with Gasteiger partial charge in [0.1, 0.15) is 10.4 Å². The third kappa shape index (κ3) is 2.67. The zero-order chi connectivity index (χ0) is 18.4. The van der Waals surface area contributed by atoms with Gasteiger partial charge in [-0.1, -0.05) is 30.3 Å². The molecule has 1 aliphatic rings. The predicted molar refractivity (Wildman–Crippen MR) is 113 cm³/mol. The van der Waals surface area contributed by atoms with Crippen LogP contribution in [0.4, 0.5) is 0 Å². The largest absolute Gasteiger partial charge is 0.507 e. The summed E-state index contributed by atoms with van der Waals surface area (Å²) in [6, 6.07) is 13.7. The maximum absolute atomic E-state index is 12.3. The van der Waals surface area contributed by atoms with Crippen molar-refractivity contribution in [2.75, 3.05) is 13.1 Å². The number of benzene rings is 2. The highest BCUT2D eigenvalue weighted by atomic mass is 32.1. The summed E-state index contributed by atoms with van der Waals surface area (Å²) in [5, 5.41) is 17.7. The molecule has 0 spiro atoms. The minimum absolute atomic E-state index is 0.0858. The van der Waals surface area contributed by atoms with Gasteiger partial charge in [0.2, 0.25) is 0 Å². The van der Waals surface area contributed by atoms with Gasteiger partial charge < -0.3 is 15.4 Å². The number of phenolic OH excluding ortho intramolecular Hbond substituents is 1. The summed E-state index contributed by atoms with van der Waals surface area (Å²) in [4.78, 5) is 15.2. The van der Waals surface area contributed by atoms with E-state index in [4.69, 9.17) is 0 Å². The molecule has 4 nitrogen and oxygen atoms in total. The number of rotatable bonds is 2. The predicted octanol–water partition coefficient (Wildman–Crippen LogP) is 4.49. The van der Waals surface area contributed by atoms with E-state index < -0.39 is 0 Å². The van der Waals surface area contributed by atoms with Gasteiger partial charge in [-0.3, -0.25) is 4.79 Å². The first-order valence-corrected chi connectivity index (χ1v) is 9.86. The Kier molecular flexibility index (Phi) is 3.85. The van der Waals surface area contributed by atoms with Crippen LogP contribution in [0, 0.1) is 0 Å². The van der Waals surface area contributed by atoms with Crippen molar-refractivity contribution in [2.24, 2.45) is 0 Å². The zero-order valence-corrected chi connectivity index (χ0v) is 15.4. The van der Waals surface area contributed by atoms with E-state index in [1.807, 2.05) is 11.4 Å². The summed E-state index contributed by atoms with van der Waals surface area (Å²) in [6.07, 6.45) is 3.25. The number of aromatic amines is 1. The van der Waals surface area contributed by atoms with Crippen LogP contribution in [-0.2, 0) is 0 Å². The lowest BCUT2D eigenvalue weighted by atomic mass is 9.94. The number of thiophene rings is 1. The molecule has 2 aromatic heterocycles. The van der Waals surface area contributed by atoms with E-state index >= 15 is 0 Å². The van der Waals surface area contributed by atoms with E-state index in [0.29, 0.717) is 4.70 Å². The Morgan fingerprint density at radius 2 is 1.81 bits per heavy atom. The minimum atomic E-state index is -0.0858. The number of fused-ring (bicyclic) bond motifs is 3. The number of phenols is 1. The fraction of sp³-hybridized carbons (Fsp3) is 0.136. The smallest absolute Gasteiger partial charge is 0.266 e. The number of nitrogens with one attached hydrogen (secondary N) is 2. The first kappa shape index (κ1) is 16.3. The second kappa shape index (κ2) is 6.37. The molecule has 4 aromatic rings. The second-order valence-corrected chi connectivity index (χ2v) is 7.68. The Labute approximate surface area is 159 Å². The molecule has 0 amide bonds. The number of aromatic hydroxyl groups is 1. The van der Waals surface area contributed by atoms with Crippen LogP contribution in [-0.4, -0.2) is 23.2 Å². The standard InChI is InChI=1S/C22H18N2O2S/c25-18-6-5-17-20(16-9-12-27-21(16)22(26)24-17)19(18)15-3-1-13(2-4-15)14-7-10-23-11-8-14/h1-7,9,12,23,25H,8,10-11H2,(H,24,26). The van der Waals surface area contributed by atoms with Gasteiger partial charge in [-0.05, 0) is 53.2 Å². The maximum Gasteiger partial charge on any atom is 0.266 e. The quantitative estimate of drug-likeness (QED) is 0.484. The molecule has 1 aliphatic heterocycles. The SMILES string of the molecule is O=c1[nH]c2ccc(O)c(-c3ccc(C4=CCNCC4)cc3)c2c2ccsc12. The van der Waals surface area contributed by atoms with Crippen LogP contribution < -0.4 is 10.9 Å².